The van der Waals surface area contributed by atoms with Crippen LogP contribution in [0.2, 0.25) is 0 Å². The van der Waals surface area contributed by atoms with E-state index in [1.807, 2.05) is 53.2 Å². The van der Waals surface area contributed by atoms with Crippen molar-refractivity contribution in [3.63, 3.8) is 0 Å². The molecule has 2 heterocycles. The normalized spacial score (nSPS) is 15.7. The molecule has 0 aliphatic carbocycles. The van der Waals surface area contributed by atoms with E-state index in [2.05, 4.69) is 15.6 Å². The second-order valence-corrected chi connectivity index (χ2v) is 6.31. The third-order valence-electron chi connectivity index (χ3n) is 3.87. The second kappa shape index (κ2) is 6.09. The summed E-state index contributed by atoms with van der Waals surface area (Å²) in [4.78, 5) is 0. The highest BCUT2D eigenvalue weighted by molar-refractivity contribution is 7.99. The molecule has 1 aliphatic rings. The van der Waals surface area contributed by atoms with Gasteiger partial charge in [-0.05, 0) is 29.8 Å². The summed E-state index contributed by atoms with van der Waals surface area (Å²) < 4.78 is 12.6. The maximum absolute atomic E-state index is 5.44. The molecule has 1 aromatic heterocycles. The zero-order valence-electron chi connectivity index (χ0n) is 13.3. The van der Waals surface area contributed by atoms with Gasteiger partial charge < -0.3 is 14.9 Å². The Balaban J connectivity index is 1.65. The molecule has 0 radical (unpaired) electrons. The van der Waals surface area contributed by atoms with Crippen LogP contribution in [0.4, 0.5) is 0 Å². The number of para-hydroxylation sites is 1. The van der Waals surface area contributed by atoms with Gasteiger partial charge in [-0.1, -0.05) is 36.0 Å². The van der Waals surface area contributed by atoms with Gasteiger partial charge in [-0.3, -0.25) is 0 Å². The third kappa shape index (κ3) is 2.46. The molecule has 1 atom stereocenters. The van der Waals surface area contributed by atoms with Crippen molar-refractivity contribution >= 4 is 11.8 Å². The Hall–Kier alpha value is -2.67. The van der Waals surface area contributed by atoms with Crippen LogP contribution in [0.3, 0.4) is 0 Å². The number of aromatic nitrogens is 3. The molecular weight excluding hydrogens is 324 g/mol. The van der Waals surface area contributed by atoms with Crippen LogP contribution in [0.5, 0.6) is 11.5 Å². The molecule has 0 unspecified atom stereocenters. The van der Waals surface area contributed by atoms with Crippen LogP contribution in [-0.4, -0.2) is 29.1 Å². The van der Waals surface area contributed by atoms with Crippen molar-refractivity contribution in [3.05, 3.63) is 54.1 Å². The van der Waals surface area contributed by atoms with Crippen molar-refractivity contribution < 1.29 is 9.47 Å². The molecule has 0 amide bonds. The number of nitrogens with zero attached hydrogens (tertiary/aromatic N) is 3. The summed E-state index contributed by atoms with van der Waals surface area (Å²) in [5, 5.41) is 9.50. The molecule has 4 rings (SSSR count). The SMILES string of the molecule is COc1ccc([C@@H]2Nn3c(nnc3-c3ccccc3OC)S2)cc1. The van der Waals surface area contributed by atoms with Crippen molar-refractivity contribution in [1.82, 2.24) is 14.9 Å². The number of methoxy groups -OCH3 is 2. The number of hydrogen-bond acceptors (Lipinski definition) is 6. The van der Waals surface area contributed by atoms with Crippen LogP contribution in [-0.2, 0) is 0 Å². The van der Waals surface area contributed by atoms with Gasteiger partial charge in [0.1, 0.15) is 16.9 Å². The van der Waals surface area contributed by atoms with E-state index in [4.69, 9.17) is 9.47 Å². The molecule has 0 fully saturated rings. The first-order valence-electron chi connectivity index (χ1n) is 7.46. The van der Waals surface area contributed by atoms with Crippen LogP contribution in [0.15, 0.2) is 53.7 Å². The fourth-order valence-corrected chi connectivity index (χ4v) is 3.63. The van der Waals surface area contributed by atoms with Crippen LogP contribution in [0.1, 0.15) is 10.9 Å². The van der Waals surface area contributed by atoms with Crippen LogP contribution in [0, 0.1) is 0 Å². The molecule has 1 aliphatic heterocycles. The highest BCUT2D eigenvalue weighted by Crippen LogP contribution is 2.41. The highest BCUT2D eigenvalue weighted by Gasteiger charge is 2.28. The minimum Gasteiger partial charge on any atom is -0.497 e. The number of thioether (sulfide) groups is 1. The van der Waals surface area contributed by atoms with Crippen molar-refractivity contribution in [2.45, 2.75) is 10.5 Å². The number of fused-ring (bicyclic) bond motifs is 1. The minimum absolute atomic E-state index is 0.0786. The Kier molecular flexibility index (Phi) is 3.78. The standard InChI is InChI=1S/C17H16N4O2S/c1-22-12-9-7-11(8-10-12)16-20-21-15(18-19-17(21)24-16)13-5-3-4-6-14(13)23-2/h3-10,16,20H,1-2H3/t16-/m1/s1. The molecule has 0 saturated heterocycles. The van der Waals surface area contributed by atoms with E-state index in [1.54, 1.807) is 26.0 Å². The molecule has 122 valence electrons. The van der Waals surface area contributed by atoms with Crippen molar-refractivity contribution in [2.75, 3.05) is 19.6 Å². The molecule has 6 nitrogen and oxygen atoms in total. The summed E-state index contributed by atoms with van der Waals surface area (Å²) >= 11 is 1.63. The smallest absolute Gasteiger partial charge is 0.212 e. The van der Waals surface area contributed by atoms with Gasteiger partial charge in [0.25, 0.3) is 0 Å². The Bertz CT molecular complexity index is 863. The largest absolute Gasteiger partial charge is 0.497 e. The van der Waals surface area contributed by atoms with Crippen molar-refractivity contribution in [1.29, 1.82) is 0 Å². The first kappa shape index (κ1) is 14.9. The van der Waals surface area contributed by atoms with Gasteiger partial charge >= 0.3 is 0 Å². The predicted molar refractivity (Wildman–Crippen MR) is 93.0 cm³/mol. The van der Waals surface area contributed by atoms with Crippen LogP contribution >= 0.6 is 11.8 Å². The topological polar surface area (TPSA) is 61.2 Å². The van der Waals surface area contributed by atoms with E-state index >= 15 is 0 Å². The van der Waals surface area contributed by atoms with E-state index in [0.29, 0.717) is 0 Å². The van der Waals surface area contributed by atoms with E-state index in [1.165, 1.54) is 0 Å². The Labute approximate surface area is 143 Å². The first-order chi connectivity index (χ1) is 11.8. The molecular formula is C17H16N4O2S. The Morgan fingerprint density at radius 1 is 1.00 bits per heavy atom. The van der Waals surface area contributed by atoms with Gasteiger partial charge in [0.05, 0.1) is 19.8 Å². The van der Waals surface area contributed by atoms with Crippen molar-refractivity contribution in [2.24, 2.45) is 0 Å². The average Bonchev–Trinajstić information content (AvgIpc) is 3.22. The maximum atomic E-state index is 5.44. The molecule has 1 N–H and O–H groups in total. The van der Waals surface area contributed by atoms with Gasteiger partial charge in [0, 0.05) is 0 Å². The lowest BCUT2D eigenvalue weighted by Crippen LogP contribution is -2.14. The Morgan fingerprint density at radius 2 is 1.79 bits per heavy atom. The van der Waals surface area contributed by atoms with Gasteiger partial charge in [0.2, 0.25) is 5.16 Å². The molecule has 0 saturated carbocycles. The molecule has 3 aromatic rings. The van der Waals surface area contributed by atoms with E-state index in [9.17, 15) is 0 Å². The number of hydrogen-bond donors (Lipinski definition) is 1. The summed E-state index contributed by atoms with van der Waals surface area (Å²) in [7, 11) is 3.32. The monoisotopic (exact) mass is 340 g/mol. The lowest BCUT2D eigenvalue weighted by atomic mass is 10.2. The van der Waals surface area contributed by atoms with Crippen LogP contribution in [0.25, 0.3) is 11.4 Å². The second-order valence-electron chi connectivity index (χ2n) is 5.24. The number of ether oxygens (including phenoxy) is 2. The molecule has 0 spiro atoms. The molecule has 2 aromatic carbocycles. The summed E-state index contributed by atoms with van der Waals surface area (Å²) in [5.74, 6) is 2.36. The summed E-state index contributed by atoms with van der Waals surface area (Å²) in [6, 6.07) is 15.8. The number of benzene rings is 2. The first-order valence-corrected chi connectivity index (χ1v) is 8.34. The average molecular weight is 340 g/mol. The fourth-order valence-electron chi connectivity index (χ4n) is 2.64. The lowest BCUT2D eigenvalue weighted by molar-refractivity contribution is 0.414. The lowest BCUT2D eigenvalue weighted by Gasteiger charge is -2.13. The number of nitrogens with one attached hydrogen (secondary N) is 1. The minimum atomic E-state index is 0.0786. The maximum Gasteiger partial charge on any atom is 0.212 e. The summed E-state index contributed by atoms with van der Waals surface area (Å²) in [6.45, 7) is 0. The van der Waals surface area contributed by atoms with Crippen LogP contribution < -0.4 is 14.9 Å². The Morgan fingerprint density at radius 3 is 2.54 bits per heavy atom. The zero-order chi connectivity index (χ0) is 16.5. The third-order valence-corrected chi connectivity index (χ3v) is 4.96. The predicted octanol–water partition coefficient (Wildman–Crippen LogP) is 3.31. The van der Waals surface area contributed by atoms with Gasteiger partial charge in [-0.25, -0.2) is 4.68 Å². The van der Waals surface area contributed by atoms with E-state index in [0.717, 1.165) is 33.6 Å². The van der Waals surface area contributed by atoms with Gasteiger partial charge in [-0.2, -0.15) is 0 Å². The summed E-state index contributed by atoms with van der Waals surface area (Å²) in [5.41, 5.74) is 5.50. The highest BCUT2D eigenvalue weighted by atomic mass is 32.2. The zero-order valence-corrected chi connectivity index (χ0v) is 14.1. The quantitative estimate of drug-likeness (QED) is 0.786. The molecule has 24 heavy (non-hydrogen) atoms. The van der Waals surface area contributed by atoms with Gasteiger partial charge in [0.15, 0.2) is 5.82 Å². The summed E-state index contributed by atoms with van der Waals surface area (Å²) in [6.07, 6.45) is 0. The fraction of sp³-hybridized carbons (Fsp3) is 0.176. The molecule has 0 bridgehead atoms. The van der Waals surface area contributed by atoms with Crippen molar-refractivity contribution in [3.8, 4) is 22.9 Å². The van der Waals surface area contributed by atoms with Gasteiger partial charge in [-0.15, -0.1) is 10.2 Å². The molecule has 7 heteroatoms. The van der Waals surface area contributed by atoms with E-state index in [-0.39, 0.29) is 5.37 Å². The number of rotatable bonds is 4. The van der Waals surface area contributed by atoms with E-state index < -0.39 is 0 Å².